The Morgan fingerprint density at radius 3 is 2.44 bits per heavy atom. The van der Waals surface area contributed by atoms with Gasteiger partial charge in [0.2, 0.25) is 0 Å². The molecule has 2 aromatic carbocycles. The summed E-state index contributed by atoms with van der Waals surface area (Å²) >= 11 is 6.30. The maximum absolute atomic E-state index is 12.6. The highest BCUT2D eigenvalue weighted by Crippen LogP contribution is 2.22. The highest BCUT2D eigenvalue weighted by molar-refractivity contribution is 14.0. The predicted molar refractivity (Wildman–Crippen MR) is 142 cm³/mol. The molecular weight excluding hydrogens is 539 g/mol. The number of likely N-dealkylation sites (tertiary alicyclic amines) is 1. The standard InChI is InChI=1S/C24H31ClN4O2.HI/c1-26-24(27-13-12-19-10-11-21(31-2)16-22(19)25)28-17-18-6-8-20(9-7-18)23(30)29-14-4-3-5-15-29;/h6-11,16H,3-5,12-15,17H2,1-2H3,(H2,26,27,28);1H. The second-order valence-corrected chi connectivity index (χ2v) is 8.02. The van der Waals surface area contributed by atoms with E-state index in [2.05, 4.69) is 15.6 Å². The summed E-state index contributed by atoms with van der Waals surface area (Å²) in [7, 11) is 3.37. The highest BCUT2D eigenvalue weighted by atomic mass is 127. The molecule has 0 atom stereocenters. The third-order valence-electron chi connectivity index (χ3n) is 5.47. The number of ether oxygens (including phenoxy) is 1. The van der Waals surface area contributed by atoms with Gasteiger partial charge in [-0.05, 0) is 61.1 Å². The van der Waals surface area contributed by atoms with Crippen LogP contribution in [-0.2, 0) is 13.0 Å². The predicted octanol–water partition coefficient (Wildman–Crippen LogP) is 4.50. The number of carbonyl (C=O) groups is 1. The van der Waals surface area contributed by atoms with Crippen LogP contribution in [0.1, 0.15) is 40.7 Å². The molecule has 0 saturated carbocycles. The van der Waals surface area contributed by atoms with E-state index in [1.807, 2.05) is 47.4 Å². The Morgan fingerprint density at radius 2 is 1.81 bits per heavy atom. The lowest BCUT2D eigenvalue weighted by Gasteiger charge is -2.26. The summed E-state index contributed by atoms with van der Waals surface area (Å²) < 4.78 is 5.19. The largest absolute Gasteiger partial charge is 0.497 e. The second-order valence-electron chi connectivity index (χ2n) is 7.61. The van der Waals surface area contributed by atoms with Gasteiger partial charge >= 0.3 is 0 Å². The van der Waals surface area contributed by atoms with Gasteiger partial charge in [0.1, 0.15) is 5.75 Å². The summed E-state index contributed by atoms with van der Waals surface area (Å²) in [6, 6.07) is 13.5. The minimum Gasteiger partial charge on any atom is -0.497 e. The van der Waals surface area contributed by atoms with Crippen LogP contribution in [0.15, 0.2) is 47.5 Å². The molecule has 1 aliphatic heterocycles. The number of guanidine groups is 1. The van der Waals surface area contributed by atoms with Gasteiger partial charge in [-0.1, -0.05) is 29.8 Å². The molecule has 0 bridgehead atoms. The van der Waals surface area contributed by atoms with Crippen molar-refractivity contribution in [2.24, 2.45) is 4.99 Å². The molecule has 0 unspecified atom stereocenters. The van der Waals surface area contributed by atoms with Crippen LogP contribution in [0.25, 0.3) is 0 Å². The maximum atomic E-state index is 12.6. The van der Waals surface area contributed by atoms with Crippen molar-refractivity contribution in [2.45, 2.75) is 32.2 Å². The molecule has 1 heterocycles. The number of methoxy groups -OCH3 is 1. The van der Waals surface area contributed by atoms with Gasteiger partial charge in [-0.15, -0.1) is 24.0 Å². The number of amides is 1. The molecule has 0 aromatic heterocycles. The third-order valence-corrected chi connectivity index (χ3v) is 5.83. The first-order valence-corrected chi connectivity index (χ1v) is 11.1. The van der Waals surface area contributed by atoms with Crippen molar-refractivity contribution in [3.63, 3.8) is 0 Å². The Kier molecular flexibility index (Phi) is 11.1. The number of rotatable bonds is 7. The van der Waals surface area contributed by atoms with Crippen LogP contribution in [0.3, 0.4) is 0 Å². The summed E-state index contributed by atoms with van der Waals surface area (Å²) in [6.45, 7) is 3.06. The minimum atomic E-state index is 0. The van der Waals surface area contributed by atoms with E-state index in [1.165, 1.54) is 6.42 Å². The summed E-state index contributed by atoms with van der Waals surface area (Å²) in [5.74, 6) is 1.61. The molecule has 1 aliphatic rings. The second kappa shape index (κ2) is 13.5. The minimum absolute atomic E-state index is 0. The maximum Gasteiger partial charge on any atom is 0.253 e. The molecular formula is C24H32ClIN4O2. The van der Waals surface area contributed by atoms with E-state index in [9.17, 15) is 4.79 Å². The SMILES string of the molecule is CN=C(NCCc1ccc(OC)cc1Cl)NCc1ccc(C(=O)N2CCCCC2)cc1.I. The van der Waals surface area contributed by atoms with E-state index in [4.69, 9.17) is 16.3 Å². The molecule has 8 heteroatoms. The fourth-order valence-corrected chi connectivity index (χ4v) is 3.89. The van der Waals surface area contributed by atoms with Crippen molar-refractivity contribution in [3.8, 4) is 5.75 Å². The quantitative estimate of drug-likeness (QED) is 0.292. The zero-order valence-electron chi connectivity index (χ0n) is 18.7. The van der Waals surface area contributed by atoms with Crippen molar-refractivity contribution in [3.05, 3.63) is 64.2 Å². The lowest BCUT2D eigenvalue weighted by atomic mass is 10.1. The fourth-order valence-electron chi connectivity index (χ4n) is 3.62. The summed E-state index contributed by atoms with van der Waals surface area (Å²) in [5, 5.41) is 7.31. The number of halogens is 2. The molecule has 6 nitrogen and oxygen atoms in total. The molecule has 1 saturated heterocycles. The van der Waals surface area contributed by atoms with Crippen LogP contribution in [0, 0.1) is 0 Å². The topological polar surface area (TPSA) is 66.0 Å². The number of hydrogen-bond acceptors (Lipinski definition) is 3. The Balaban J connectivity index is 0.00000363. The average Bonchev–Trinajstić information content (AvgIpc) is 2.82. The first-order chi connectivity index (χ1) is 15.1. The van der Waals surface area contributed by atoms with Gasteiger partial charge in [0, 0.05) is 43.8 Å². The lowest BCUT2D eigenvalue weighted by molar-refractivity contribution is 0.0724. The lowest BCUT2D eigenvalue weighted by Crippen LogP contribution is -2.38. The van der Waals surface area contributed by atoms with Crippen molar-refractivity contribution >= 4 is 47.4 Å². The number of aliphatic imine (C=N–C) groups is 1. The first kappa shape index (κ1) is 26.3. The monoisotopic (exact) mass is 570 g/mol. The molecule has 2 aromatic rings. The molecule has 0 radical (unpaired) electrons. The van der Waals surface area contributed by atoms with E-state index in [1.54, 1.807) is 14.2 Å². The van der Waals surface area contributed by atoms with E-state index in [0.717, 1.165) is 60.8 Å². The van der Waals surface area contributed by atoms with Gasteiger partial charge in [0.05, 0.1) is 7.11 Å². The summed E-state index contributed by atoms with van der Waals surface area (Å²) in [4.78, 5) is 18.8. The average molecular weight is 571 g/mol. The molecule has 2 N–H and O–H groups in total. The van der Waals surface area contributed by atoms with Crippen LogP contribution in [0.2, 0.25) is 5.02 Å². The van der Waals surface area contributed by atoms with Gasteiger partial charge < -0.3 is 20.3 Å². The van der Waals surface area contributed by atoms with Crippen molar-refractivity contribution < 1.29 is 9.53 Å². The van der Waals surface area contributed by atoms with Gasteiger partial charge in [-0.25, -0.2) is 0 Å². The zero-order valence-corrected chi connectivity index (χ0v) is 21.8. The van der Waals surface area contributed by atoms with Gasteiger partial charge in [-0.3, -0.25) is 9.79 Å². The van der Waals surface area contributed by atoms with Crippen LogP contribution in [0.5, 0.6) is 5.75 Å². The Hall–Kier alpha value is -2.00. The number of benzene rings is 2. The van der Waals surface area contributed by atoms with Crippen molar-refractivity contribution in [1.29, 1.82) is 0 Å². The van der Waals surface area contributed by atoms with E-state index < -0.39 is 0 Å². The number of hydrogen-bond donors (Lipinski definition) is 2. The van der Waals surface area contributed by atoms with Crippen LogP contribution < -0.4 is 15.4 Å². The fraction of sp³-hybridized carbons (Fsp3) is 0.417. The normalized spacial score (nSPS) is 13.8. The van der Waals surface area contributed by atoms with Crippen LogP contribution >= 0.6 is 35.6 Å². The first-order valence-electron chi connectivity index (χ1n) is 10.8. The smallest absolute Gasteiger partial charge is 0.253 e. The van der Waals surface area contributed by atoms with Gasteiger partial charge in [0.15, 0.2) is 5.96 Å². The molecule has 3 rings (SSSR count). The third kappa shape index (κ3) is 7.55. The highest BCUT2D eigenvalue weighted by Gasteiger charge is 2.17. The number of nitrogens with one attached hydrogen (secondary N) is 2. The molecule has 0 spiro atoms. The van der Waals surface area contributed by atoms with E-state index in [0.29, 0.717) is 18.1 Å². The Bertz CT molecular complexity index is 899. The Labute approximate surface area is 212 Å². The molecule has 1 amide bonds. The number of piperidine rings is 1. The Morgan fingerprint density at radius 1 is 1.09 bits per heavy atom. The molecule has 32 heavy (non-hydrogen) atoms. The van der Waals surface area contributed by atoms with Crippen LogP contribution in [-0.4, -0.2) is 50.6 Å². The van der Waals surface area contributed by atoms with Gasteiger partial charge in [-0.2, -0.15) is 0 Å². The van der Waals surface area contributed by atoms with E-state index >= 15 is 0 Å². The van der Waals surface area contributed by atoms with Crippen LogP contribution in [0.4, 0.5) is 0 Å². The zero-order chi connectivity index (χ0) is 22.1. The number of carbonyl (C=O) groups excluding carboxylic acids is 1. The summed E-state index contributed by atoms with van der Waals surface area (Å²) in [5.41, 5.74) is 2.90. The van der Waals surface area contributed by atoms with E-state index in [-0.39, 0.29) is 29.9 Å². The van der Waals surface area contributed by atoms with Gasteiger partial charge in [0.25, 0.3) is 5.91 Å². The van der Waals surface area contributed by atoms with Crippen molar-refractivity contribution in [1.82, 2.24) is 15.5 Å². The summed E-state index contributed by atoms with van der Waals surface area (Å²) in [6.07, 6.45) is 4.20. The molecule has 0 aliphatic carbocycles. The molecule has 174 valence electrons. The molecule has 1 fully saturated rings. The van der Waals surface area contributed by atoms with Crippen molar-refractivity contribution in [2.75, 3.05) is 33.8 Å². The number of nitrogens with zero attached hydrogens (tertiary/aromatic N) is 2.